The van der Waals surface area contributed by atoms with Crippen molar-refractivity contribution in [2.45, 2.75) is 51.4 Å². The largest absolute Gasteiger partial charge is 0.481 e. The van der Waals surface area contributed by atoms with Crippen LogP contribution in [0.3, 0.4) is 0 Å². The molecule has 2 aliphatic rings. The summed E-state index contributed by atoms with van der Waals surface area (Å²) in [7, 11) is 0. The first kappa shape index (κ1) is 13.4. The SMILES string of the molecule is O=C(O)[C@@H]1CC[C@H](C(=O)N2CCCCCCC2)C1. The van der Waals surface area contributed by atoms with Crippen molar-refractivity contribution >= 4 is 11.9 Å². The van der Waals surface area contributed by atoms with Crippen molar-refractivity contribution in [2.24, 2.45) is 11.8 Å². The van der Waals surface area contributed by atoms with Gasteiger partial charge < -0.3 is 10.0 Å². The average Bonchev–Trinajstić information content (AvgIpc) is 2.77. The van der Waals surface area contributed by atoms with Gasteiger partial charge in [-0.05, 0) is 32.1 Å². The van der Waals surface area contributed by atoms with Crippen molar-refractivity contribution in [3.63, 3.8) is 0 Å². The lowest BCUT2D eigenvalue weighted by Gasteiger charge is -2.27. The molecule has 0 aromatic carbocycles. The molecule has 1 saturated carbocycles. The van der Waals surface area contributed by atoms with E-state index in [-0.39, 0.29) is 17.7 Å². The lowest BCUT2D eigenvalue weighted by molar-refractivity contribution is -0.141. The molecule has 18 heavy (non-hydrogen) atoms. The number of amides is 1. The van der Waals surface area contributed by atoms with E-state index in [0.29, 0.717) is 12.8 Å². The van der Waals surface area contributed by atoms with Gasteiger partial charge in [0.2, 0.25) is 5.91 Å². The number of aliphatic carboxylic acids is 1. The van der Waals surface area contributed by atoms with Crippen molar-refractivity contribution in [2.75, 3.05) is 13.1 Å². The van der Waals surface area contributed by atoms with Crippen LogP contribution >= 0.6 is 0 Å². The second-order valence-electron chi connectivity index (χ2n) is 5.64. The Labute approximate surface area is 108 Å². The Morgan fingerprint density at radius 3 is 2.00 bits per heavy atom. The Morgan fingerprint density at radius 2 is 1.44 bits per heavy atom. The van der Waals surface area contributed by atoms with Gasteiger partial charge in [-0.1, -0.05) is 19.3 Å². The maximum absolute atomic E-state index is 12.4. The molecule has 1 amide bonds. The Hall–Kier alpha value is -1.06. The van der Waals surface area contributed by atoms with Crippen LogP contribution in [-0.4, -0.2) is 35.0 Å². The quantitative estimate of drug-likeness (QED) is 0.821. The van der Waals surface area contributed by atoms with Crippen LogP contribution < -0.4 is 0 Å². The van der Waals surface area contributed by atoms with Crippen molar-refractivity contribution < 1.29 is 14.7 Å². The van der Waals surface area contributed by atoms with Crippen LogP contribution in [0.15, 0.2) is 0 Å². The summed E-state index contributed by atoms with van der Waals surface area (Å²) in [4.78, 5) is 25.3. The summed E-state index contributed by atoms with van der Waals surface area (Å²) in [6, 6.07) is 0. The first-order chi connectivity index (χ1) is 8.68. The predicted molar refractivity (Wildman–Crippen MR) is 68.1 cm³/mol. The van der Waals surface area contributed by atoms with Crippen LogP contribution in [0.25, 0.3) is 0 Å². The van der Waals surface area contributed by atoms with Gasteiger partial charge in [0, 0.05) is 19.0 Å². The molecule has 1 aliphatic carbocycles. The van der Waals surface area contributed by atoms with E-state index >= 15 is 0 Å². The molecular weight excluding hydrogens is 230 g/mol. The summed E-state index contributed by atoms with van der Waals surface area (Å²) in [5.74, 6) is -0.863. The third-order valence-corrected chi connectivity index (χ3v) is 4.30. The zero-order valence-electron chi connectivity index (χ0n) is 10.9. The van der Waals surface area contributed by atoms with Gasteiger partial charge in [0.05, 0.1) is 5.92 Å². The fourth-order valence-electron chi connectivity index (χ4n) is 3.16. The maximum atomic E-state index is 12.4. The summed E-state index contributed by atoms with van der Waals surface area (Å²) in [5, 5.41) is 8.98. The molecule has 4 heteroatoms. The van der Waals surface area contributed by atoms with Gasteiger partial charge in [-0.15, -0.1) is 0 Å². The van der Waals surface area contributed by atoms with Gasteiger partial charge in [-0.2, -0.15) is 0 Å². The Bertz CT molecular complexity index is 308. The van der Waals surface area contributed by atoms with E-state index in [1.165, 1.54) is 19.3 Å². The molecule has 2 atom stereocenters. The first-order valence-electron chi connectivity index (χ1n) is 7.20. The van der Waals surface area contributed by atoms with E-state index in [9.17, 15) is 9.59 Å². The van der Waals surface area contributed by atoms with Crippen molar-refractivity contribution in [1.29, 1.82) is 0 Å². The normalized spacial score (nSPS) is 29.7. The number of hydrogen-bond acceptors (Lipinski definition) is 2. The second-order valence-corrected chi connectivity index (χ2v) is 5.64. The monoisotopic (exact) mass is 253 g/mol. The highest BCUT2D eigenvalue weighted by atomic mass is 16.4. The van der Waals surface area contributed by atoms with E-state index in [0.717, 1.165) is 32.4 Å². The number of carbonyl (C=O) groups is 2. The van der Waals surface area contributed by atoms with Gasteiger partial charge in [-0.3, -0.25) is 9.59 Å². The second kappa shape index (κ2) is 6.21. The molecule has 0 spiro atoms. The molecule has 102 valence electrons. The van der Waals surface area contributed by atoms with Crippen LogP contribution in [0.2, 0.25) is 0 Å². The van der Waals surface area contributed by atoms with Crippen molar-refractivity contribution in [1.82, 2.24) is 4.90 Å². The molecule has 0 aromatic heterocycles. The summed E-state index contributed by atoms with van der Waals surface area (Å²) in [6.07, 6.45) is 7.88. The Morgan fingerprint density at radius 1 is 0.889 bits per heavy atom. The topological polar surface area (TPSA) is 57.6 Å². The smallest absolute Gasteiger partial charge is 0.306 e. The molecular formula is C14H23NO3. The zero-order chi connectivity index (χ0) is 13.0. The minimum Gasteiger partial charge on any atom is -0.481 e. The molecule has 0 radical (unpaired) electrons. The van der Waals surface area contributed by atoms with Gasteiger partial charge in [0.1, 0.15) is 0 Å². The molecule has 0 unspecified atom stereocenters. The summed E-state index contributed by atoms with van der Waals surface area (Å²) in [6.45, 7) is 1.74. The number of hydrogen-bond donors (Lipinski definition) is 1. The lowest BCUT2D eigenvalue weighted by atomic mass is 10.0. The molecule has 0 aromatic rings. The van der Waals surface area contributed by atoms with E-state index < -0.39 is 5.97 Å². The summed E-state index contributed by atoms with van der Waals surface area (Å²) < 4.78 is 0. The van der Waals surface area contributed by atoms with Gasteiger partial charge in [0.15, 0.2) is 0 Å². The van der Waals surface area contributed by atoms with E-state index in [4.69, 9.17) is 5.11 Å². The zero-order valence-corrected chi connectivity index (χ0v) is 10.9. The van der Waals surface area contributed by atoms with Crippen molar-refractivity contribution in [3.8, 4) is 0 Å². The molecule has 2 fully saturated rings. The standard InChI is InChI=1S/C14H23NO3/c16-13(11-6-7-12(10-11)14(17)18)15-8-4-2-1-3-5-9-15/h11-12H,1-10H2,(H,17,18)/t11-,12+/m0/s1. The molecule has 2 rings (SSSR count). The molecule has 4 nitrogen and oxygen atoms in total. The molecule has 1 aliphatic heterocycles. The van der Waals surface area contributed by atoms with Crippen LogP contribution in [0, 0.1) is 11.8 Å². The summed E-state index contributed by atoms with van der Waals surface area (Å²) in [5.41, 5.74) is 0. The summed E-state index contributed by atoms with van der Waals surface area (Å²) >= 11 is 0. The molecule has 1 N–H and O–H groups in total. The minimum atomic E-state index is -0.738. The van der Waals surface area contributed by atoms with Crippen LogP contribution in [0.4, 0.5) is 0 Å². The van der Waals surface area contributed by atoms with E-state index in [1.54, 1.807) is 0 Å². The Kier molecular flexibility index (Phi) is 4.61. The highest BCUT2D eigenvalue weighted by Gasteiger charge is 2.35. The lowest BCUT2D eigenvalue weighted by Crippen LogP contribution is -2.37. The molecule has 1 saturated heterocycles. The maximum Gasteiger partial charge on any atom is 0.306 e. The number of nitrogens with zero attached hydrogens (tertiary/aromatic N) is 1. The number of carbonyl (C=O) groups excluding carboxylic acids is 1. The van der Waals surface area contributed by atoms with Gasteiger partial charge in [-0.25, -0.2) is 0 Å². The number of rotatable bonds is 2. The highest BCUT2D eigenvalue weighted by Crippen LogP contribution is 2.32. The molecule has 0 bridgehead atoms. The number of carboxylic acid groups (broad SMARTS) is 1. The minimum absolute atomic E-state index is 0.0365. The Balaban J connectivity index is 1.88. The highest BCUT2D eigenvalue weighted by molar-refractivity contribution is 5.81. The fourth-order valence-corrected chi connectivity index (χ4v) is 3.16. The van der Waals surface area contributed by atoms with Crippen LogP contribution in [0.1, 0.15) is 51.4 Å². The predicted octanol–water partition coefficient (Wildman–Crippen LogP) is 2.28. The third kappa shape index (κ3) is 3.24. The van der Waals surface area contributed by atoms with Crippen molar-refractivity contribution in [3.05, 3.63) is 0 Å². The number of carboxylic acids is 1. The van der Waals surface area contributed by atoms with Crippen LogP contribution in [0.5, 0.6) is 0 Å². The fraction of sp³-hybridized carbons (Fsp3) is 0.857. The van der Waals surface area contributed by atoms with Gasteiger partial charge in [0.25, 0.3) is 0 Å². The molecule has 1 heterocycles. The number of likely N-dealkylation sites (tertiary alicyclic amines) is 1. The van der Waals surface area contributed by atoms with Crippen LogP contribution in [-0.2, 0) is 9.59 Å². The third-order valence-electron chi connectivity index (χ3n) is 4.30. The van der Waals surface area contributed by atoms with Gasteiger partial charge >= 0.3 is 5.97 Å². The van der Waals surface area contributed by atoms with E-state index in [2.05, 4.69) is 0 Å². The first-order valence-corrected chi connectivity index (χ1v) is 7.20. The average molecular weight is 253 g/mol. The van der Waals surface area contributed by atoms with E-state index in [1.807, 2.05) is 4.90 Å².